The van der Waals surface area contributed by atoms with E-state index < -0.39 is 0 Å². The van der Waals surface area contributed by atoms with Crippen LogP contribution in [0.4, 0.5) is 0 Å². The first-order valence-corrected chi connectivity index (χ1v) is 5.35. The van der Waals surface area contributed by atoms with Crippen LogP contribution < -0.4 is 0 Å². The number of hydrogen-bond acceptors (Lipinski definition) is 2. The highest BCUT2D eigenvalue weighted by atomic mass is 35.5. The minimum absolute atomic E-state index is 0.836. The van der Waals surface area contributed by atoms with Crippen LogP contribution in [0.25, 0.3) is 0 Å². The summed E-state index contributed by atoms with van der Waals surface area (Å²) in [5.41, 5.74) is 0. The Morgan fingerprint density at radius 2 is 1.50 bits per heavy atom. The van der Waals surface area contributed by atoms with Crippen LogP contribution in [0.1, 0.15) is 25.7 Å². The third-order valence-electron chi connectivity index (χ3n) is 3.07. The topological polar surface area (TPSA) is 6.48 Å². The first-order chi connectivity index (χ1) is 5.86. The van der Waals surface area contributed by atoms with Gasteiger partial charge in [0.2, 0.25) is 0 Å². The molecule has 2 fully saturated rings. The highest BCUT2D eigenvalue weighted by Crippen LogP contribution is 2.21. The van der Waals surface area contributed by atoms with E-state index in [1.54, 1.807) is 0 Å². The maximum atomic E-state index is 5.90. The molecule has 0 spiro atoms. The fourth-order valence-electron chi connectivity index (χ4n) is 2.31. The van der Waals surface area contributed by atoms with E-state index >= 15 is 0 Å². The minimum Gasteiger partial charge on any atom is -0.300 e. The molecule has 0 amide bonds. The second kappa shape index (κ2) is 3.95. The minimum atomic E-state index is 0.836. The molecule has 0 atom stereocenters. The van der Waals surface area contributed by atoms with Crippen LogP contribution in [-0.2, 0) is 0 Å². The van der Waals surface area contributed by atoms with Crippen molar-refractivity contribution in [3.63, 3.8) is 0 Å². The molecule has 2 aliphatic heterocycles. The summed E-state index contributed by atoms with van der Waals surface area (Å²) < 4.78 is 1.92. The zero-order valence-corrected chi connectivity index (χ0v) is 8.26. The molecule has 0 N–H and O–H groups in total. The van der Waals surface area contributed by atoms with Gasteiger partial charge in [-0.15, -0.1) is 0 Å². The summed E-state index contributed by atoms with van der Waals surface area (Å²) in [4.78, 5) is 2.64. The first-order valence-electron chi connectivity index (χ1n) is 5.01. The SMILES string of the molecule is ClN1CCC(N2CCCC2)CC1. The third kappa shape index (κ3) is 1.93. The number of nitrogens with zero attached hydrogens (tertiary/aromatic N) is 2. The molecule has 2 nitrogen and oxygen atoms in total. The van der Waals surface area contributed by atoms with E-state index in [2.05, 4.69) is 4.90 Å². The predicted molar refractivity (Wildman–Crippen MR) is 51.3 cm³/mol. The van der Waals surface area contributed by atoms with Gasteiger partial charge in [-0.2, -0.15) is 0 Å². The van der Waals surface area contributed by atoms with Gasteiger partial charge in [-0.1, -0.05) is 0 Å². The Bertz CT molecular complexity index is 137. The number of rotatable bonds is 1. The molecule has 2 rings (SSSR count). The van der Waals surface area contributed by atoms with E-state index in [1.165, 1.54) is 38.8 Å². The molecule has 70 valence electrons. The molecule has 3 heteroatoms. The van der Waals surface area contributed by atoms with Crippen molar-refractivity contribution >= 4 is 11.8 Å². The van der Waals surface area contributed by atoms with Gasteiger partial charge in [0.1, 0.15) is 0 Å². The second-order valence-electron chi connectivity index (χ2n) is 3.88. The van der Waals surface area contributed by atoms with Crippen molar-refractivity contribution in [2.45, 2.75) is 31.7 Å². The van der Waals surface area contributed by atoms with Crippen molar-refractivity contribution in [1.29, 1.82) is 0 Å². The molecule has 0 saturated carbocycles. The summed E-state index contributed by atoms with van der Waals surface area (Å²) in [5.74, 6) is 0. The van der Waals surface area contributed by atoms with Gasteiger partial charge in [-0.3, -0.25) is 0 Å². The van der Waals surface area contributed by atoms with Gasteiger partial charge in [0.25, 0.3) is 0 Å². The molecular weight excluding hydrogens is 172 g/mol. The smallest absolute Gasteiger partial charge is 0.0153 e. The Labute approximate surface area is 79.6 Å². The molecule has 12 heavy (non-hydrogen) atoms. The normalized spacial score (nSPS) is 29.8. The second-order valence-corrected chi connectivity index (χ2v) is 4.36. The Kier molecular flexibility index (Phi) is 2.89. The molecule has 0 aromatic carbocycles. The zero-order valence-electron chi connectivity index (χ0n) is 7.51. The summed E-state index contributed by atoms with van der Waals surface area (Å²) in [7, 11) is 0. The van der Waals surface area contributed by atoms with Gasteiger partial charge < -0.3 is 4.90 Å². The highest BCUT2D eigenvalue weighted by Gasteiger charge is 2.25. The number of likely N-dealkylation sites (tertiary alicyclic amines) is 1. The maximum Gasteiger partial charge on any atom is 0.0153 e. The van der Waals surface area contributed by atoms with Crippen LogP contribution >= 0.6 is 11.8 Å². The van der Waals surface area contributed by atoms with Gasteiger partial charge in [-0.25, -0.2) is 4.42 Å². The average Bonchev–Trinajstić information content (AvgIpc) is 2.58. The van der Waals surface area contributed by atoms with E-state index in [4.69, 9.17) is 11.8 Å². The molecule has 0 aromatic rings. The molecular formula is C9H17ClN2. The lowest BCUT2D eigenvalue weighted by Gasteiger charge is -2.33. The molecule has 0 bridgehead atoms. The lowest BCUT2D eigenvalue weighted by molar-refractivity contribution is 0.170. The van der Waals surface area contributed by atoms with Crippen LogP contribution in [0.5, 0.6) is 0 Å². The summed E-state index contributed by atoms with van der Waals surface area (Å²) in [6, 6.07) is 0.836. The Morgan fingerprint density at radius 1 is 0.917 bits per heavy atom. The number of piperidine rings is 1. The molecule has 2 aliphatic rings. The van der Waals surface area contributed by atoms with Crippen LogP contribution in [0, 0.1) is 0 Å². The van der Waals surface area contributed by atoms with E-state index in [9.17, 15) is 0 Å². The monoisotopic (exact) mass is 188 g/mol. The van der Waals surface area contributed by atoms with Gasteiger partial charge in [0.05, 0.1) is 0 Å². The fourth-order valence-corrected chi connectivity index (χ4v) is 2.50. The molecule has 0 aromatic heterocycles. The van der Waals surface area contributed by atoms with E-state index in [0.29, 0.717) is 0 Å². The average molecular weight is 189 g/mol. The van der Waals surface area contributed by atoms with Gasteiger partial charge in [0.15, 0.2) is 0 Å². The summed E-state index contributed by atoms with van der Waals surface area (Å²) in [6.45, 7) is 4.80. The fraction of sp³-hybridized carbons (Fsp3) is 1.00. The van der Waals surface area contributed by atoms with Crippen molar-refractivity contribution in [3.8, 4) is 0 Å². The largest absolute Gasteiger partial charge is 0.300 e. The van der Waals surface area contributed by atoms with Gasteiger partial charge >= 0.3 is 0 Å². The summed E-state index contributed by atoms with van der Waals surface area (Å²) in [5, 5.41) is 0. The Morgan fingerprint density at radius 3 is 2.08 bits per heavy atom. The predicted octanol–water partition coefficient (Wildman–Crippen LogP) is 1.70. The number of halogens is 1. The lowest BCUT2D eigenvalue weighted by Crippen LogP contribution is -2.40. The van der Waals surface area contributed by atoms with E-state index in [0.717, 1.165) is 19.1 Å². The molecule has 2 saturated heterocycles. The molecule has 0 aliphatic carbocycles. The van der Waals surface area contributed by atoms with Crippen molar-refractivity contribution < 1.29 is 0 Å². The van der Waals surface area contributed by atoms with Crippen LogP contribution in [0.2, 0.25) is 0 Å². The van der Waals surface area contributed by atoms with Crippen LogP contribution in [0.3, 0.4) is 0 Å². The third-order valence-corrected chi connectivity index (χ3v) is 3.41. The van der Waals surface area contributed by atoms with E-state index in [1.807, 2.05) is 4.42 Å². The molecule has 0 unspecified atom stereocenters. The maximum absolute atomic E-state index is 5.90. The quantitative estimate of drug-likeness (QED) is 0.578. The van der Waals surface area contributed by atoms with Gasteiger partial charge in [-0.05, 0) is 50.5 Å². The Balaban J connectivity index is 1.80. The van der Waals surface area contributed by atoms with Crippen molar-refractivity contribution in [1.82, 2.24) is 9.32 Å². The lowest BCUT2D eigenvalue weighted by atomic mass is 10.1. The van der Waals surface area contributed by atoms with Crippen molar-refractivity contribution in [2.24, 2.45) is 0 Å². The summed E-state index contributed by atoms with van der Waals surface area (Å²) in [6.07, 6.45) is 5.34. The van der Waals surface area contributed by atoms with E-state index in [-0.39, 0.29) is 0 Å². The standard InChI is InChI=1S/C9H17ClN2/c10-12-7-3-9(4-8-12)11-5-1-2-6-11/h9H,1-8H2. The van der Waals surface area contributed by atoms with Gasteiger partial charge in [0, 0.05) is 19.1 Å². The van der Waals surface area contributed by atoms with Crippen LogP contribution in [0.15, 0.2) is 0 Å². The number of hydrogen-bond donors (Lipinski definition) is 0. The van der Waals surface area contributed by atoms with Crippen molar-refractivity contribution in [2.75, 3.05) is 26.2 Å². The zero-order chi connectivity index (χ0) is 8.39. The Hall–Kier alpha value is 0.210. The first kappa shape index (κ1) is 8.79. The summed E-state index contributed by atoms with van der Waals surface area (Å²) >= 11 is 5.90. The highest BCUT2D eigenvalue weighted by molar-refractivity contribution is 6.13. The molecule has 0 radical (unpaired) electrons. The molecule has 2 heterocycles. The van der Waals surface area contributed by atoms with Crippen molar-refractivity contribution in [3.05, 3.63) is 0 Å². The van der Waals surface area contributed by atoms with Crippen LogP contribution in [-0.4, -0.2) is 41.5 Å².